The molecule has 1 saturated heterocycles. The van der Waals surface area contributed by atoms with Gasteiger partial charge in [-0.2, -0.15) is 4.31 Å². The zero-order valence-corrected chi connectivity index (χ0v) is 16.7. The van der Waals surface area contributed by atoms with Crippen LogP contribution in [0, 0.1) is 12.8 Å². The molecule has 5 N–H and O–H groups in total. The largest absolute Gasteiger partial charge is 0.467 e. The van der Waals surface area contributed by atoms with Gasteiger partial charge in [-0.15, -0.1) is 11.3 Å². The third-order valence-corrected chi connectivity index (χ3v) is 7.99. The summed E-state index contributed by atoms with van der Waals surface area (Å²) in [5, 5.41) is 2.84. The summed E-state index contributed by atoms with van der Waals surface area (Å²) in [7, 11) is -3.62. The lowest BCUT2D eigenvalue weighted by Crippen LogP contribution is -2.42. The lowest BCUT2D eigenvalue weighted by Gasteiger charge is -2.30. The number of furan rings is 1. The van der Waals surface area contributed by atoms with Crippen LogP contribution < -0.4 is 16.8 Å². The quantitative estimate of drug-likeness (QED) is 0.613. The molecule has 2 aromatic rings. The van der Waals surface area contributed by atoms with Gasteiger partial charge in [0.15, 0.2) is 0 Å². The van der Waals surface area contributed by atoms with E-state index in [1.807, 2.05) is 0 Å². The molecule has 148 valence electrons. The molecule has 10 heteroatoms. The molecule has 0 atom stereocenters. The number of carbonyl (C=O) groups excluding carboxylic acids is 1. The molecule has 3 heterocycles. The Kier molecular flexibility index (Phi) is 6.02. The molecule has 2 aromatic heterocycles. The van der Waals surface area contributed by atoms with E-state index in [2.05, 4.69) is 5.32 Å². The van der Waals surface area contributed by atoms with Gasteiger partial charge in [0.25, 0.3) is 0 Å². The highest BCUT2D eigenvalue weighted by Gasteiger charge is 2.33. The SMILES string of the molecule is Cc1sc(C(N)N)cc1S(=O)(=O)N1CCC(C(=O)NCc2ccco2)CC1. The van der Waals surface area contributed by atoms with E-state index in [1.54, 1.807) is 31.4 Å². The second-order valence-corrected chi connectivity index (χ2v) is 9.76. The molecule has 27 heavy (non-hydrogen) atoms. The smallest absolute Gasteiger partial charge is 0.244 e. The first-order valence-electron chi connectivity index (χ1n) is 8.70. The second kappa shape index (κ2) is 8.11. The number of carbonyl (C=O) groups is 1. The van der Waals surface area contributed by atoms with Crippen LogP contribution in [0.4, 0.5) is 0 Å². The van der Waals surface area contributed by atoms with Crippen molar-refractivity contribution in [1.82, 2.24) is 9.62 Å². The number of hydrogen-bond acceptors (Lipinski definition) is 7. The summed E-state index contributed by atoms with van der Waals surface area (Å²) in [5.74, 6) is 0.403. The molecule has 0 unspecified atom stereocenters. The van der Waals surface area contributed by atoms with Gasteiger partial charge in [0.2, 0.25) is 15.9 Å². The van der Waals surface area contributed by atoms with E-state index < -0.39 is 16.2 Å². The first-order chi connectivity index (χ1) is 12.8. The molecule has 1 fully saturated rings. The molecule has 0 spiro atoms. The Bertz CT molecular complexity index is 882. The van der Waals surface area contributed by atoms with Crippen LogP contribution in [0.3, 0.4) is 0 Å². The number of nitrogens with zero attached hydrogens (tertiary/aromatic N) is 1. The molecule has 8 nitrogen and oxygen atoms in total. The Morgan fingerprint density at radius 3 is 2.67 bits per heavy atom. The minimum atomic E-state index is -3.62. The van der Waals surface area contributed by atoms with E-state index in [9.17, 15) is 13.2 Å². The van der Waals surface area contributed by atoms with Crippen LogP contribution >= 0.6 is 11.3 Å². The van der Waals surface area contributed by atoms with Crippen molar-refractivity contribution in [2.24, 2.45) is 17.4 Å². The average molecular weight is 413 g/mol. The number of rotatable bonds is 6. The minimum absolute atomic E-state index is 0.0773. The first-order valence-corrected chi connectivity index (χ1v) is 11.0. The Labute approximate surface area is 162 Å². The molecule has 1 aliphatic heterocycles. The first kappa shape index (κ1) is 20.0. The average Bonchev–Trinajstić information content (AvgIpc) is 3.29. The van der Waals surface area contributed by atoms with Gasteiger partial charge in [0, 0.05) is 28.8 Å². The summed E-state index contributed by atoms with van der Waals surface area (Å²) < 4.78 is 32.5. The van der Waals surface area contributed by atoms with Gasteiger partial charge in [0.1, 0.15) is 5.76 Å². The van der Waals surface area contributed by atoms with Crippen LogP contribution in [0.5, 0.6) is 0 Å². The lowest BCUT2D eigenvalue weighted by atomic mass is 9.97. The number of piperidine rings is 1. The lowest BCUT2D eigenvalue weighted by molar-refractivity contribution is -0.126. The van der Waals surface area contributed by atoms with Crippen molar-refractivity contribution in [2.45, 2.75) is 37.4 Å². The summed E-state index contributed by atoms with van der Waals surface area (Å²) in [6.45, 7) is 2.69. The molecule has 3 rings (SSSR count). The minimum Gasteiger partial charge on any atom is -0.467 e. The number of nitrogens with one attached hydrogen (secondary N) is 1. The summed E-state index contributed by atoms with van der Waals surface area (Å²) in [6.07, 6.45) is 1.83. The summed E-state index contributed by atoms with van der Waals surface area (Å²) >= 11 is 1.30. The number of sulfonamides is 1. The van der Waals surface area contributed by atoms with Crippen LogP contribution in [0.25, 0.3) is 0 Å². The fraction of sp³-hybridized carbons (Fsp3) is 0.471. The third kappa shape index (κ3) is 4.41. The highest BCUT2D eigenvalue weighted by Crippen LogP contribution is 2.31. The van der Waals surface area contributed by atoms with Crippen LogP contribution in [0.2, 0.25) is 0 Å². The third-order valence-electron chi connectivity index (χ3n) is 4.68. The maximum Gasteiger partial charge on any atom is 0.244 e. The van der Waals surface area contributed by atoms with Crippen LogP contribution in [0.1, 0.15) is 34.5 Å². The molecular weight excluding hydrogens is 388 g/mol. The van der Waals surface area contributed by atoms with E-state index in [0.29, 0.717) is 48.0 Å². The maximum absolute atomic E-state index is 12.9. The van der Waals surface area contributed by atoms with Crippen molar-refractivity contribution >= 4 is 27.3 Å². The fourth-order valence-electron chi connectivity index (χ4n) is 3.14. The van der Waals surface area contributed by atoms with E-state index >= 15 is 0 Å². The maximum atomic E-state index is 12.9. The van der Waals surface area contributed by atoms with Crippen LogP contribution in [-0.2, 0) is 21.4 Å². The number of hydrogen-bond donors (Lipinski definition) is 3. The van der Waals surface area contributed by atoms with Gasteiger partial charge in [-0.1, -0.05) is 0 Å². The highest BCUT2D eigenvalue weighted by molar-refractivity contribution is 7.89. The number of aryl methyl sites for hydroxylation is 1. The zero-order valence-electron chi connectivity index (χ0n) is 15.1. The predicted molar refractivity (Wildman–Crippen MR) is 102 cm³/mol. The van der Waals surface area contributed by atoms with Gasteiger partial charge < -0.3 is 21.2 Å². The van der Waals surface area contributed by atoms with Gasteiger partial charge >= 0.3 is 0 Å². The molecule has 1 aliphatic rings. The number of amides is 1. The zero-order chi connectivity index (χ0) is 19.6. The fourth-order valence-corrected chi connectivity index (χ4v) is 6.09. The van der Waals surface area contributed by atoms with E-state index in [0.717, 1.165) is 0 Å². The molecule has 0 saturated carbocycles. The van der Waals surface area contributed by atoms with Crippen LogP contribution in [0.15, 0.2) is 33.8 Å². The summed E-state index contributed by atoms with van der Waals surface area (Å²) in [6, 6.07) is 5.11. The molecule has 0 bridgehead atoms. The van der Waals surface area contributed by atoms with Crippen LogP contribution in [-0.4, -0.2) is 31.7 Å². The Morgan fingerprint density at radius 2 is 2.11 bits per heavy atom. The Balaban J connectivity index is 1.60. The molecule has 0 aliphatic carbocycles. The van der Waals surface area contributed by atoms with Crippen molar-refractivity contribution in [2.75, 3.05) is 13.1 Å². The molecule has 0 aromatic carbocycles. The van der Waals surface area contributed by atoms with Crippen molar-refractivity contribution in [3.05, 3.63) is 40.0 Å². The Morgan fingerprint density at radius 1 is 1.41 bits per heavy atom. The number of thiophene rings is 1. The summed E-state index contributed by atoms with van der Waals surface area (Å²) in [5.41, 5.74) is 11.3. The topological polar surface area (TPSA) is 132 Å². The second-order valence-electron chi connectivity index (χ2n) is 6.57. The normalized spacial score (nSPS) is 16.7. The monoisotopic (exact) mass is 412 g/mol. The van der Waals surface area contributed by atoms with Gasteiger partial charge in [-0.25, -0.2) is 8.42 Å². The van der Waals surface area contributed by atoms with Crippen molar-refractivity contribution in [3.63, 3.8) is 0 Å². The molecular formula is C17H24N4O4S2. The van der Waals surface area contributed by atoms with E-state index in [1.165, 1.54) is 15.6 Å². The molecule has 0 radical (unpaired) electrons. The highest BCUT2D eigenvalue weighted by atomic mass is 32.2. The van der Waals surface area contributed by atoms with Crippen molar-refractivity contribution < 1.29 is 17.6 Å². The summed E-state index contributed by atoms with van der Waals surface area (Å²) in [4.78, 5) is 13.9. The number of nitrogens with two attached hydrogens (primary N) is 2. The Hall–Kier alpha value is -1.72. The van der Waals surface area contributed by atoms with Gasteiger partial charge in [-0.05, 0) is 38.0 Å². The predicted octanol–water partition coefficient (Wildman–Crippen LogP) is 1.28. The van der Waals surface area contributed by atoms with Gasteiger partial charge in [0.05, 0.1) is 23.9 Å². The van der Waals surface area contributed by atoms with Crippen molar-refractivity contribution in [3.8, 4) is 0 Å². The van der Waals surface area contributed by atoms with E-state index in [4.69, 9.17) is 15.9 Å². The standard InChI is InChI=1S/C17H24N4O4S2/c1-11-15(9-14(26-11)16(18)19)27(23,24)21-6-4-12(5-7-21)17(22)20-10-13-3-2-8-25-13/h2-3,8-9,12,16H,4-7,10,18-19H2,1H3,(H,20,22). The van der Waals surface area contributed by atoms with Crippen molar-refractivity contribution in [1.29, 1.82) is 0 Å². The molecule has 1 amide bonds. The van der Waals surface area contributed by atoms with E-state index in [-0.39, 0.29) is 16.7 Å². The van der Waals surface area contributed by atoms with Gasteiger partial charge in [-0.3, -0.25) is 4.79 Å².